The number of carbonyl (C=O) groups is 1. The number of terminal acetylenes is 1. The number of nitrogens with one attached hydrogen (secondary N) is 1. The van der Waals surface area contributed by atoms with Crippen LogP contribution in [-0.4, -0.2) is 33.7 Å². The van der Waals surface area contributed by atoms with Crippen LogP contribution in [0.4, 0.5) is 5.69 Å². The molecule has 1 aromatic carbocycles. The maximum atomic E-state index is 12.0. The smallest absolute Gasteiger partial charge is 0.330 e. The highest BCUT2D eigenvalue weighted by atomic mass is 16.5. The number of ether oxygens (including phenoxy) is 1. The van der Waals surface area contributed by atoms with Crippen molar-refractivity contribution >= 4 is 11.7 Å². The van der Waals surface area contributed by atoms with Crippen molar-refractivity contribution in [2.24, 2.45) is 0 Å². The van der Waals surface area contributed by atoms with Gasteiger partial charge in [-0.25, -0.2) is 4.79 Å². The predicted molar refractivity (Wildman–Crippen MR) is 77.0 cm³/mol. The number of esters is 1. The van der Waals surface area contributed by atoms with E-state index in [1.165, 1.54) is 7.11 Å². The number of nitrogens with zero attached hydrogens (tertiary/aromatic N) is 1. The van der Waals surface area contributed by atoms with Crippen LogP contribution in [0.5, 0.6) is 0 Å². The van der Waals surface area contributed by atoms with Crippen LogP contribution in [0.3, 0.4) is 0 Å². The van der Waals surface area contributed by atoms with Crippen LogP contribution in [0.1, 0.15) is 12.5 Å². The van der Waals surface area contributed by atoms with Gasteiger partial charge in [-0.2, -0.15) is 0 Å². The normalized spacial score (nSPS) is 13.2. The zero-order valence-corrected chi connectivity index (χ0v) is 11.9. The Labute approximate surface area is 114 Å². The van der Waals surface area contributed by atoms with Gasteiger partial charge in [0.1, 0.15) is 5.54 Å². The maximum absolute atomic E-state index is 12.0. The highest BCUT2D eigenvalue weighted by Gasteiger charge is 2.35. The van der Waals surface area contributed by atoms with E-state index in [0.717, 1.165) is 11.3 Å². The Kier molecular flexibility index (Phi) is 4.96. The van der Waals surface area contributed by atoms with Gasteiger partial charge in [-0.1, -0.05) is 18.1 Å². The molecule has 0 aliphatic carbocycles. The molecule has 1 rings (SSSR count). The Morgan fingerprint density at radius 1 is 1.42 bits per heavy atom. The molecular formula is C15H20N2O2. The predicted octanol–water partition coefficient (Wildman–Crippen LogP) is 1.36. The van der Waals surface area contributed by atoms with E-state index >= 15 is 0 Å². The number of carbonyl (C=O) groups excluding carboxylic acids is 1. The summed E-state index contributed by atoms with van der Waals surface area (Å²) in [7, 11) is 5.29. The van der Waals surface area contributed by atoms with Gasteiger partial charge in [-0.3, -0.25) is 5.32 Å². The van der Waals surface area contributed by atoms with Crippen LogP contribution in [0.2, 0.25) is 0 Å². The minimum atomic E-state index is -0.939. The van der Waals surface area contributed by atoms with E-state index in [2.05, 4.69) is 11.2 Å². The summed E-state index contributed by atoms with van der Waals surface area (Å²) in [6, 6.07) is 7.70. The van der Waals surface area contributed by atoms with Gasteiger partial charge in [0.25, 0.3) is 0 Å². The summed E-state index contributed by atoms with van der Waals surface area (Å²) < 4.78 is 4.86. The molecule has 1 unspecified atom stereocenters. The van der Waals surface area contributed by atoms with E-state index in [9.17, 15) is 4.79 Å². The second-order valence-electron chi connectivity index (χ2n) is 4.62. The molecule has 0 aromatic heterocycles. The van der Waals surface area contributed by atoms with E-state index in [-0.39, 0.29) is 5.97 Å². The minimum Gasteiger partial charge on any atom is -0.467 e. The van der Waals surface area contributed by atoms with Gasteiger partial charge < -0.3 is 9.64 Å². The van der Waals surface area contributed by atoms with Crippen molar-refractivity contribution in [1.82, 2.24) is 5.32 Å². The molecular weight excluding hydrogens is 240 g/mol. The number of hydrogen-bond donors (Lipinski definition) is 1. The largest absolute Gasteiger partial charge is 0.467 e. The first-order chi connectivity index (χ1) is 8.95. The van der Waals surface area contributed by atoms with E-state index in [1.54, 1.807) is 6.92 Å². The Balaban J connectivity index is 3.11. The summed E-state index contributed by atoms with van der Waals surface area (Å²) in [5, 5.41) is 3.04. The zero-order chi connectivity index (χ0) is 14.5. The topological polar surface area (TPSA) is 41.6 Å². The standard InChI is InChI=1S/C15H20N2O2/c1-6-11-16-15(2,14(18)19-5)12-7-9-13(10-8-12)17(3)4/h1,7-10,16H,11H2,2-5H3. The molecule has 19 heavy (non-hydrogen) atoms. The molecule has 0 bridgehead atoms. The minimum absolute atomic E-state index is 0.293. The van der Waals surface area contributed by atoms with Crippen LogP contribution >= 0.6 is 0 Å². The molecule has 4 heteroatoms. The van der Waals surface area contributed by atoms with E-state index in [1.807, 2.05) is 43.3 Å². The van der Waals surface area contributed by atoms with Gasteiger partial charge in [0.2, 0.25) is 0 Å². The lowest BCUT2D eigenvalue weighted by molar-refractivity contribution is -0.148. The number of methoxy groups -OCH3 is 1. The molecule has 102 valence electrons. The number of hydrogen-bond acceptors (Lipinski definition) is 4. The van der Waals surface area contributed by atoms with Crippen molar-refractivity contribution in [3.63, 3.8) is 0 Å². The molecule has 1 atom stereocenters. The van der Waals surface area contributed by atoms with Gasteiger partial charge in [0.05, 0.1) is 13.7 Å². The van der Waals surface area contributed by atoms with Crippen molar-refractivity contribution in [3.05, 3.63) is 29.8 Å². The Bertz CT molecular complexity index is 474. The average Bonchev–Trinajstić information content (AvgIpc) is 2.43. The Hall–Kier alpha value is -1.99. The highest BCUT2D eigenvalue weighted by molar-refractivity contribution is 5.82. The summed E-state index contributed by atoms with van der Waals surface area (Å²) in [5.41, 5.74) is 0.944. The molecule has 0 saturated carbocycles. The fourth-order valence-electron chi connectivity index (χ4n) is 1.82. The molecule has 0 aliphatic heterocycles. The third-order valence-electron chi connectivity index (χ3n) is 3.10. The molecule has 0 radical (unpaired) electrons. The Morgan fingerprint density at radius 2 is 2.00 bits per heavy atom. The van der Waals surface area contributed by atoms with Crippen LogP contribution < -0.4 is 10.2 Å². The maximum Gasteiger partial charge on any atom is 0.330 e. The molecule has 0 spiro atoms. The summed E-state index contributed by atoms with van der Waals surface area (Å²) in [6.45, 7) is 2.06. The molecule has 0 amide bonds. The summed E-state index contributed by atoms with van der Waals surface area (Å²) in [4.78, 5) is 14.0. The number of anilines is 1. The fourth-order valence-corrected chi connectivity index (χ4v) is 1.82. The third kappa shape index (κ3) is 3.27. The van der Waals surface area contributed by atoms with E-state index in [0.29, 0.717) is 6.54 Å². The summed E-state index contributed by atoms with van der Waals surface area (Å²) in [6.07, 6.45) is 5.25. The van der Waals surface area contributed by atoms with Gasteiger partial charge in [-0.15, -0.1) is 6.42 Å². The fraction of sp³-hybridized carbons (Fsp3) is 0.400. The van der Waals surface area contributed by atoms with Crippen molar-refractivity contribution in [1.29, 1.82) is 0 Å². The molecule has 0 saturated heterocycles. The molecule has 1 N–H and O–H groups in total. The van der Waals surface area contributed by atoms with Crippen molar-refractivity contribution in [2.45, 2.75) is 12.5 Å². The first kappa shape index (κ1) is 15.1. The van der Waals surface area contributed by atoms with Gasteiger partial charge in [0.15, 0.2) is 0 Å². The molecule has 4 nitrogen and oxygen atoms in total. The Morgan fingerprint density at radius 3 is 2.42 bits per heavy atom. The number of rotatable bonds is 5. The van der Waals surface area contributed by atoms with Crippen LogP contribution in [-0.2, 0) is 15.1 Å². The first-order valence-electron chi connectivity index (χ1n) is 6.00. The quantitative estimate of drug-likeness (QED) is 0.641. The van der Waals surface area contributed by atoms with Gasteiger partial charge in [0, 0.05) is 19.8 Å². The molecule has 0 heterocycles. The zero-order valence-electron chi connectivity index (χ0n) is 11.9. The summed E-state index contributed by atoms with van der Waals surface area (Å²) in [5.74, 6) is 2.11. The first-order valence-corrected chi connectivity index (χ1v) is 6.00. The van der Waals surface area contributed by atoms with Crippen molar-refractivity contribution in [2.75, 3.05) is 32.6 Å². The van der Waals surface area contributed by atoms with Crippen LogP contribution in [0.15, 0.2) is 24.3 Å². The lowest BCUT2D eigenvalue weighted by Crippen LogP contribution is -2.47. The average molecular weight is 260 g/mol. The monoisotopic (exact) mass is 260 g/mol. The van der Waals surface area contributed by atoms with Crippen LogP contribution in [0.25, 0.3) is 0 Å². The highest BCUT2D eigenvalue weighted by Crippen LogP contribution is 2.24. The van der Waals surface area contributed by atoms with Crippen molar-refractivity contribution < 1.29 is 9.53 Å². The van der Waals surface area contributed by atoms with E-state index < -0.39 is 5.54 Å². The van der Waals surface area contributed by atoms with E-state index in [4.69, 9.17) is 11.2 Å². The van der Waals surface area contributed by atoms with Crippen molar-refractivity contribution in [3.8, 4) is 12.3 Å². The third-order valence-corrected chi connectivity index (χ3v) is 3.10. The SMILES string of the molecule is C#CCNC(C)(C(=O)OC)c1ccc(N(C)C)cc1. The lowest BCUT2D eigenvalue weighted by atomic mass is 9.91. The number of benzene rings is 1. The lowest BCUT2D eigenvalue weighted by Gasteiger charge is -2.28. The van der Waals surface area contributed by atoms with Gasteiger partial charge >= 0.3 is 5.97 Å². The second-order valence-corrected chi connectivity index (χ2v) is 4.62. The molecule has 0 aliphatic rings. The van der Waals surface area contributed by atoms with Crippen LogP contribution in [0, 0.1) is 12.3 Å². The summed E-state index contributed by atoms with van der Waals surface area (Å²) >= 11 is 0. The molecule has 1 aromatic rings. The molecule has 0 fully saturated rings. The second kappa shape index (κ2) is 6.26. The van der Waals surface area contributed by atoms with Gasteiger partial charge in [-0.05, 0) is 24.6 Å².